The lowest BCUT2D eigenvalue weighted by Crippen LogP contribution is -2.14. The van der Waals surface area contributed by atoms with Crippen LogP contribution in [-0.4, -0.2) is 15.6 Å². The van der Waals surface area contributed by atoms with Crippen LogP contribution in [0, 0.1) is 0 Å². The Morgan fingerprint density at radius 2 is 1.88 bits per heavy atom. The molecule has 0 radical (unpaired) electrons. The van der Waals surface area contributed by atoms with E-state index in [9.17, 15) is 9.90 Å². The van der Waals surface area contributed by atoms with E-state index in [-0.39, 0.29) is 0 Å². The minimum Gasteiger partial charge on any atom is -0.478 e. The molecule has 2 aromatic carbocycles. The monoisotopic (exact) mass is 347 g/mol. The Morgan fingerprint density at radius 3 is 2.69 bits per heavy atom. The number of hydrogen-bond donors (Lipinski definition) is 1. The Kier molecular flexibility index (Phi) is 3.52. The number of ether oxygens (including phenoxy) is 1. The van der Waals surface area contributed by atoms with Gasteiger partial charge in [-0.25, -0.2) is 4.79 Å². The number of nitrogens with zero attached hydrogens (tertiary/aromatic N) is 1. The first kappa shape index (κ1) is 15.5. The number of fused-ring (bicyclic) bond motifs is 5. The van der Waals surface area contributed by atoms with Crippen LogP contribution in [0.25, 0.3) is 22.2 Å². The summed E-state index contributed by atoms with van der Waals surface area (Å²) in [6.45, 7) is 0.429. The Hall–Kier alpha value is -2.75. The van der Waals surface area contributed by atoms with Gasteiger partial charge in [-0.2, -0.15) is 0 Å². The fourth-order valence-corrected chi connectivity index (χ4v) is 4.66. The van der Waals surface area contributed by atoms with Crippen LogP contribution in [0.5, 0.6) is 5.75 Å². The number of aromatic carboxylic acids is 1. The summed E-state index contributed by atoms with van der Waals surface area (Å²) in [7, 11) is 0. The first-order valence-electron chi connectivity index (χ1n) is 9.35. The van der Waals surface area contributed by atoms with E-state index >= 15 is 0 Å². The van der Waals surface area contributed by atoms with E-state index in [0.29, 0.717) is 18.2 Å². The largest absolute Gasteiger partial charge is 0.478 e. The molecular formula is C22H21NO3. The highest BCUT2D eigenvalue weighted by Gasteiger charge is 2.30. The summed E-state index contributed by atoms with van der Waals surface area (Å²) in [6.07, 6.45) is 6.25. The molecule has 0 spiro atoms. The van der Waals surface area contributed by atoms with Crippen LogP contribution in [0.4, 0.5) is 0 Å². The van der Waals surface area contributed by atoms with Gasteiger partial charge in [-0.05, 0) is 48.6 Å². The first-order chi connectivity index (χ1) is 12.7. The number of hydrogen-bond acceptors (Lipinski definition) is 2. The summed E-state index contributed by atoms with van der Waals surface area (Å²) in [5, 5.41) is 10.6. The molecule has 0 saturated heterocycles. The van der Waals surface area contributed by atoms with Gasteiger partial charge in [0.15, 0.2) is 6.73 Å². The molecule has 3 aromatic rings. The van der Waals surface area contributed by atoms with Crippen molar-refractivity contribution < 1.29 is 14.6 Å². The van der Waals surface area contributed by atoms with E-state index in [4.69, 9.17) is 4.74 Å². The third kappa shape index (κ3) is 2.25. The standard InChI is InChI=1S/C22H21NO3/c24-22(25)15-10-11-16-18(12-15)23-13-26-19-9-5-4-8-17(19)21(23)20(16)14-6-2-1-3-7-14/h4-5,8-12,14H,1-3,6-7,13H2,(H,24,25). The minimum atomic E-state index is -0.890. The van der Waals surface area contributed by atoms with Crippen LogP contribution in [-0.2, 0) is 6.73 Å². The molecule has 1 aliphatic heterocycles. The SMILES string of the molecule is O=C(O)c1ccc2c(C3CCCCC3)c3n(c2c1)COc1ccccc1-3. The Labute approximate surface area is 152 Å². The molecule has 0 unspecified atom stereocenters. The van der Waals surface area contributed by atoms with Gasteiger partial charge in [0, 0.05) is 10.9 Å². The number of carboxylic acid groups (broad SMARTS) is 1. The second-order valence-electron chi connectivity index (χ2n) is 7.33. The lowest BCUT2D eigenvalue weighted by Gasteiger charge is -2.26. The average Bonchev–Trinajstić information content (AvgIpc) is 3.02. The summed E-state index contributed by atoms with van der Waals surface area (Å²) in [6, 6.07) is 13.7. The summed E-state index contributed by atoms with van der Waals surface area (Å²) >= 11 is 0. The van der Waals surface area contributed by atoms with Crippen LogP contribution < -0.4 is 4.74 Å². The molecule has 2 heterocycles. The number of rotatable bonds is 2. The first-order valence-corrected chi connectivity index (χ1v) is 9.35. The molecule has 2 aliphatic rings. The van der Waals surface area contributed by atoms with Crippen LogP contribution in [0.1, 0.15) is 53.9 Å². The highest BCUT2D eigenvalue weighted by molar-refractivity contribution is 5.98. The van der Waals surface area contributed by atoms with E-state index in [2.05, 4.69) is 10.6 Å². The van der Waals surface area contributed by atoms with Crippen molar-refractivity contribution in [3.63, 3.8) is 0 Å². The van der Waals surface area contributed by atoms with Crippen LogP contribution in [0.2, 0.25) is 0 Å². The Bertz CT molecular complexity index is 1010. The van der Waals surface area contributed by atoms with Crippen molar-refractivity contribution in [1.29, 1.82) is 0 Å². The molecule has 4 heteroatoms. The molecule has 0 atom stereocenters. The maximum absolute atomic E-state index is 11.5. The number of benzene rings is 2. The molecule has 1 aromatic heterocycles. The van der Waals surface area contributed by atoms with E-state index in [1.807, 2.05) is 24.3 Å². The van der Waals surface area contributed by atoms with Gasteiger partial charge in [-0.3, -0.25) is 0 Å². The Balaban J connectivity index is 1.82. The molecule has 1 saturated carbocycles. The maximum atomic E-state index is 11.5. The van der Waals surface area contributed by atoms with Crippen molar-refractivity contribution >= 4 is 16.9 Å². The predicted molar refractivity (Wildman–Crippen MR) is 101 cm³/mol. The second-order valence-corrected chi connectivity index (χ2v) is 7.33. The van der Waals surface area contributed by atoms with Gasteiger partial charge in [0.05, 0.1) is 16.8 Å². The third-order valence-corrected chi connectivity index (χ3v) is 5.86. The molecule has 4 nitrogen and oxygen atoms in total. The zero-order valence-electron chi connectivity index (χ0n) is 14.6. The summed E-state index contributed by atoms with van der Waals surface area (Å²) in [5.74, 6) is 0.557. The Morgan fingerprint density at radius 1 is 1.08 bits per heavy atom. The maximum Gasteiger partial charge on any atom is 0.335 e. The molecule has 1 N–H and O–H groups in total. The summed E-state index contributed by atoms with van der Waals surface area (Å²) in [5.41, 5.74) is 5.01. The van der Waals surface area contributed by atoms with Crippen molar-refractivity contribution in [3.8, 4) is 17.0 Å². The molecule has 0 amide bonds. The summed E-state index contributed by atoms with van der Waals surface area (Å²) < 4.78 is 8.14. The summed E-state index contributed by atoms with van der Waals surface area (Å²) in [4.78, 5) is 11.5. The third-order valence-electron chi connectivity index (χ3n) is 5.86. The lowest BCUT2D eigenvalue weighted by atomic mass is 9.81. The second kappa shape index (κ2) is 5.90. The van der Waals surface area contributed by atoms with Gasteiger partial charge in [-0.1, -0.05) is 37.5 Å². The van der Waals surface area contributed by atoms with Crippen molar-refractivity contribution in [3.05, 3.63) is 53.6 Å². The number of aromatic nitrogens is 1. The normalized spacial score (nSPS) is 16.8. The van der Waals surface area contributed by atoms with Crippen molar-refractivity contribution in [1.82, 2.24) is 4.57 Å². The number of para-hydroxylation sites is 1. The van der Waals surface area contributed by atoms with Crippen LogP contribution in [0.3, 0.4) is 0 Å². The molecule has 5 rings (SSSR count). The van der Waals surface area contributed by atoms with E-state index in [1.165, 1.54) is 48.7 Å². The van der Waals surface area contributed by atoms with Gasteiger partial charge in [-0.15, -0.1) is 0 Å². The molecule has 132 valence electrons. The van der Waals surface area contributed by atoms with Crippen molar-refractivity contribution in [2.45, 2.75) is 44.8 Å². The molecule has 1 aliphatic carbocycles. The van der Waals surface area contributed by atoms with Crippen molar-refractivity contribution in [2.75, 3.05) is 0 Å². The molecule has 26 heavy (non-hydrogen) atoms. The van der Waals surface area contributed by atoms with Crippen molar-refractivity contribution in [2.24, 2.45) is 0 Å². The van der Waals surface area contributed by atoms with E-state index in [1.54, 1.807) is 12.1 Å². The molecule has 0 bridgehead atoms. The van der Waals surface area contributed by atoms with Gasteiger partial charge in [0.2, 0.25) is 0 Å². The zero-order valence-corrected chi connectivity index (χ0v) is 14.6. The highest BCUT2D eigenvalue weighted by atomic mass is 16.5. The van der Waals surface area contributed by atoms with E-state index < -0.39 is 5.97 Å². The zero-order chi connectivity index (χ0) is 17.7. The predicted octanol–water partition coefficient (Wildman–Crippen LogP) is 5.40. The molecule has 1 fully saturated rings. The molecular weight excluding hydrogens is 326 g/mol. The van der Waals surface area contributed by atoms with Gasteiger partial charge < -0.3 is 14.4 Å². The van der Waals surface area contributed by atoms with Crippen LogP contribution in [0.15, 0.2) is 42.5 Å². The van der Waals surface area contributed by atoms with Gasteiger partial charge >= 0.3 is 5.97 Å². The van der Waals surface area contributed by atoms with Crippen LogP contribution >= 0.6 is 0 Å². The number of carbonyl (C=O) groups is 1. The fraction of sp³-hybridized carbons (Fsp3) is 0.318. The average molecular weight is 347 g/mol. The fourth-order valence-electron chi connectivity index (χ4n) is 4.66. The quantitative estimate of drug-likeness (QED) is 0.675. The number of carboxylic acids is 1. The highest BCUT2D eigenvalue weighted by Crippen LogP contribution is 2.47. The van der Waals surface area contributed by atoms with E-state index in [0.717, 1.165) is 16.8 Å². The van der Waals surface area contributed by atoms with Gasteiger partial charge in [0.25, 0.3) is 0 Å². The van der Waals surface area contributed by atoms with Gasteiger partial charge in [0.1, 0.15) is 5.75 Å². The smallest absolute Gasteiger partial charge is 0.335 e. The lowest BCUT2D eigenvalue weighted by molar-refractivity contribution is 0.0697. The topological polar surface area (TPSA) is 51.5 Å². The minimum absolute atomic E-state index is 0.326.